The molecule has 0 amide bonds. The minimum Gasteiger partial charge on any atom is -0.357 e. The van der Waals surface area contributed by atoms with E-state index in [1.54, 1.807) is 0 Å². The average molecular weight is 295 g/mol. The zero-order valence-electron chi connectivity index (χ0n) is 12.8. The number of hydrogen-bond acceptors (Lipinski definition) is 2. The standard InChI is InChI=1S/C16H29N3S/c1-3-10-20-11-9-18-16(17-4-2)19-12-14-7-5-6-8-15(14)13-19/h3,14-15H,1,4-13H2,2H3,(H,17,18). The molecule has 1 aliphatic carbocycles. The fourth-order valence-corrected chi connectivity index (χ4v) is 3.94. The quantitative estimate of drug-likeness (QED) is 0.353. The highest BCUT2D eigenvalue weighted by Crippen LogP contribution is 2.35. The van der Waals surface area contributed by atoms with Gasteiger partial charge in [-0.05, 0) is 31.6 Å². The van der Waals surface area contributed by atoms with E-state index in [-0.39, 0.29) is 0 Å². The molecule has 20 heavy (non-hydrogen) atoms. The Morgan fingerprint density at radius 2 is 2.05 bits per heavy atom. The number of thioether (sulfide) groups is 1. The number of hydrogen-bond donors (Lipinski definition) is 1. The molecule has 1 saturated carbocycles. The van der Waals surface area contributed by atoms with Crippen LogP contribution in [0.25, 0.3) is 0 Å². The van der Waals surface area contributed by atoms with Crippen molar-refractivity contribution in [3.05, 3.63) is 12.7 Å². The molecule has 114 valence electrons. The Bertz CT molecular complexity index is 316. The fraction of sp³-hybridized carbons (Fsp3) is 0.812. The molecule has 0 aromatic heterocycles. The Kier molecular flexibility index (Phi) is 6.77. The summed E-state index contributed by atoms with van der Waals surface area (Å²) in [5.74, 6) is 5.09. The van der Waals surface area contributed by atoms with Crippen LogP contribution in [0.2, 0.25) is 0 Å². The third-order valence-electron chi connectivity index (χ3n) is 4.34. The van der Waals surface area contributed by atoms with Crippen LogP contribution in [0.4, 0.5) is 0 Å². The van der Waals surface area contributed by atoms with E-state index in [9.17, 15) is 0 Å². The Labute approximate surface area is 128 Å². The van der Waals surface area contributed by atoms with Crippen LogP contribution in [0.1, 0.15) is 32.6 Å². The molecule has 0 spiro atoms. The molecule has 0 aromatic carbocycles. The van der Waals surface area contributed by atoms with E-state index in [2.05, 4.69) is 23.7 Å². The summed E-state index contributed by atoms with van der Waals surface area (Å²) in [5, 5.41) is 3.47. The summed E-state index contributed by atoms with van der Waals surface area (Å²) in [5.41, 5.74) is 0. The summed E-state index contributed by atoms with van der Waals surface area (Å²) in [6, 6.07) is 0. The van der Waals surface area contributed by atoms with Crippen LogP contribution in [0.5, 0.6) is 0 Å². The molecule has 1 saturated heterocycles. The largest absolute Gasteiger partial charge is 0.357 e. The maximum absolute atomic E-state index is 4.80. The molecule has 2 aliphatic rings. The van der Waals surface area contributed by atoms with Gasteiger partial charge in [0.15, 0.2) is 5.96 Å². The van der Waals surface area contributed by atoms with Crippen molar-refractivity contribution in [2.75, 3.05) is 37.7 Å². The van der Waals surface area contributed by atoms with Crippen molar-refractivity contribution >= 4 is 17.7 Å². The lowest BCUT2D eigenvalue weighted by Crippen LogP contribution is -2.40. The zero-order chi connectivity index (χ0) is 14.2. The van der Waals surface area contributed by atoms with Gasteiger partial charge in [-0.1, -0.05) is 18.9 Å². The van der Waals surface area contributed by atoms with E-state index in [1.807, 2.05) is 17.8 Å². The van der Waals surface area contributed by atoms with Crippen molar-refractivity contribution in [3.8, 4) is 0 Å². The van der Waals surface area contributed by atoms with Gasteiger partial charge in [0, 0.05) is 31.1 Å². The third kappa shape index (κ3) is 4.44. The molecular weight excluding hydrogens is 266 g/mol. The van der Waals surface area contributed by atoms with E-state index in [1.165, 1.54) is 38.8 Å². The average Bonchev–Trinajstić information content (AvgIpc) is 2.89. The maximum atomic E-state index is 4.80. The fourth-order valence-electron chi connectivity index (χ4n) is 3.39. The Morgan fingerprint density at radius 1 is 1.35 bits per heavy atom. The second kappa shape index (κ2) is 8.60. The Morgan fingerprint density at radius 3 is 2.65 bits per heavy atom. The first-order valence-corrected chi connectivity index (χ1v) is 9.22. The third-order valence-corrected chi connectivity index (χ3v) is 5.29. The Hall–Kier alpha value is -0.640. The molecule has 2 fully saturated rings. The lowest BCUT2D eigenvalue weighted by atomic mass is 9.82. The van der Waals surface area contributed by atoms with Gasteiger partial charge in [0.25, 0.3) is 0 Å². The lowest BCUT2D eigenvalue weighted by Gasteiger charge is -2.22. The topological polar surface area (TPSA) is 27.6 Å². The number of likely N-dealkylation sites (tertiary alicyclic amines) is 1. The van der Waals surface area contributed by atoms with E-state index in [4.69, 9.17) is 4.99 Å². The van der Waals surface area contributed by atoms with Crippen molar-refractivity contribution in [2.45, 2.75) is 32.6 Å². The van der Waals surface area contributed by atoms with Gasteiger partial charge in [-0.2, -0.15) is 11.8 Å². The number of nitrogens with zero attached hydrogens (tertiary/aromatic N) is 2. The summed E-state index contributed by atoms with van der Waals surface area (Å²) in [7, 11) is 0. The maximum Gasteiger partial charge on any atom is 0.193 e. The number of nitrogens with one attached hydrogen (secondary N) is 1. The highest BCUT2D eigenvalue weighted by atomic mass is 32.2. The highest BCUT2D eigenvalue weighted by Gasteiger charge is 2.35. The van der Waals surface area contributed by atoms with Gasteiger partial charge in [0.1, 0.15) is 0 Å². The van der Waals surface area contributed by atoms with E-state index in [0.717, 1.165) is 42.4 Å². The normalized spacial score (nSPS) is 26.4. The summed E-state index contributed by atoms with van der Waals surface area (Å²) in [6.45, 7) is 10.2. The molecule has 4 heteroatoms. The zero-order valence-corrected chi connectivity index (χ0v) is 13.6. The molecule has 0 radical (unpaired) electrons. The molecule has 3 nitrogen and oxygen atoms in total. The first-order valence-electron chi connectivity index (χ1n) is 8.07. The first kappa shape index (κ1) is 15.7. The van der Waals surface area contributed by atoms with E-state index >= 15 is 0 Å². The van der Waals surface area contributed by atoms with Crippen LogP contribution in [-0.2, 0) is 0 Å². The summed E-state index contributed by atoms with van der Waals surface area (Å²) < 4.78 is 0. The predicted molar refractivity (Wildman–Crippen MR) is 90.5 cm³/mol. The lowest BCUT2D eigenvalue weighted by molar-refractivity contribution is 0.299. The summed E-state index contributed by atoms with van der Waals surface area (Å²) in [4.78, 5) is 7.30. The molecule has 2 unspecified atom stereocenters. The molecular formula is C16H29N3S. The van der Waals surface area contributed by atoms with Gasteiger partial charge in [-0.15, -0.1) is 6.58 Å². The Balaban J connectivity index is 1.84. The minimum absolute atomic E-state index is 0.909. The molecule has 1 aliphatic heterocycles. The number of fused-ring (bicyclic) bond motifs is 1. The van der Waals surface area contributed by atoms with Gasteiger partial charge in [0.2, 0.25) is 0 Å². The van der Waals surface area contributed by atoms with Gasteiger partial charge >= 0.3 is 0 Å². The van der Waals surface area contributed by atoms with Crippen molar-refractivity contribution in [3.63, 3.8) is 0 Å². The smallest absolute Gasteiger partial charge is 0.193 e. The van der Waals surface area contributed by atoms with Crippen molar-refractivity contribution in [1.82, 2.24) is 10.2 Å². The SMILES string of the molecule is C=CCSCCN=C(NCC)N1CC2CCCCC2C1. The second-order valence-corrected chi connectivity index (χ2v) is 6.96. The van der Waals surface area contributed by atoms with Crippen molar-refractivity contribution < 1.29 is 0 Å². The van der Waals surface area contributed by atoms with Gasteiger partial charge in [-0.3, -0.25) is 4.99 Å². The molecule has 0 aromatic rings. The van der Waals surface area contributed by atoms with E-state index < -0.39 is 0 Å². The van der Waals surface area contributed by atoms with Crippen LogP contribution < -0.4 is 5.32 Å². The first-order chi connectivity index (χ1) is 9.85. The molecule has 2 atom stereocenters. The van der Waals surface area contributed by atoms with Gasteiger partial charge in [-0.25, -0.2) is 0 Å². The number of rotatable bonds is 6. The van der Waals surface area contributed by atoms with Crippen LogP contribution in [0.15, 0.2) is 17.6 Å². The van der Waals surface area contributed by atoms with Crippen molar-refractivity contribution in [2.24, 2.45) is 16.8 Å². The van der Waals surface area contributed by atoms with Crippen LogP contribution in [0.3, 0.4) is 0 Å². The second-order valence-electron chi connectivity index (χ2n) is 5.81. The minimum atomic E-state index is 0.909. The molecule has 1 N–H and O–H groups in total. The summed E-state index contributed by atoms with van der Waals surface area (Å²) >= 11 is 1.90. The van der Waals surface area contributed by atoms with Gasteiger partial charge in [0.05, 0.1) is 6.54 Å². The van der Waals surface area contributed by atoms with Crippen LogP contribution in [-0.4, -0.2) is 48.5 Å². The molecule has 0 bridgehead atoms. The number of aliphatic imine (C=N–C) groups is 1. The van der Waals surface area contributed by atoms with Crippen molar-refractivity contribution in [1.29, 1.82) is 0 Å². The van der Waals surface area contributed by atoms with E-state index in [0.29, 0.717) is 0 Å². The molecule has 2 rings (SSSR count). The predicted octanol–water partition coefficient (Wildman–Crippen LogP) is 2.99. The molecule has 1 heterocycles. The van der Waals surface area contributed by atoms with Crippen LogP contribution >= 0.6 is 11.8 Å². The highest BCUT2D eigenvalue weighted by molar-refractivity contribution is 7.99. The van der Waals surface area contributed by atoms with Crippen LogP contribution in [0, 0.1) is 11.8 Å². The number of guanidine groups is 1. The summed E-state index contributed by atoms with van der Waals surface area (Å²) in [6.07, 6.45) is 7.68. The monoisotopic (exact) mass is 295 g/mol. The van der Waals surface area contributed by atoms with Gasteiger partial charge < -0.3 is 10.2 Å².